The molecule has 0 aliphatic rings. The Morgan fingerprint density at radius 3 is 2.50 bits per heavy atom. The van der Waals surface area contributed by atoms with Crippen molar-refractivity contribution >= 4 is 33.9 Å². The lowest BCUT2D eigenvalue weighted by Crippen LogP contribution is -2.05. The summed E-state index contributed by atoms with van der Waals surface area (Å²) in [5.74, 6) is -0.102. The van der Waals surface area contributed by atoms with Gasteiger partial charge < -0.3 is 15.6 Å². The summed E-state index contributed by atoms with van der Waals surface area (Å²) in [6.07, 6.45) is 5.25. The normalized spacial score (nSPS) is 10.6. The molecule has 0 spiro atoms. The van der Waals surface area contributed by atoms with Gasteiger partial charge in [0.15, 0.2) is 0 Å². The second kappa shape index (κ2) is 8.93. The number of nitrogens with zero attached hydrogens (tertiary/aromatic N) is 2. The van der Waals surface area contributed by atoms with Gasteiger partial charge in [0.05, 0.1) is 11.3 Å². The van der Waals surface area contributed by atoms with Gasteiger partial charge in [-0.2, -0.15) is 5.26 Å². The van der Waals surface area contributed by atoms with Gasteiger partial charge in [-0.05, 0) is 59.2 Å². The molecule has 0 atom stereocenters. The number of hydrogen-bond acceptors (Lipinski definition) is 4. The van der Waals surface area contributed by atoms with Crippen molar-refractivity contribution in [2.24, 2.45) is 0 Å². The maximum Gasteiger partial charge on any atom is 0.221 e. The third kappa shape index (κ3) is 4.23. The van der Waals surface area contributed by atoms with Crippen LogP contribution in [0.25, 0.3) is 33.2 Å². The van der Waals surface area contributed by atoms with Crippen LogP contribution in [-0.4, -0.2) is 15.9 Å². The fraction of sp³-hybridized carbons (Fsp3) is 0.0357. The van der Waals surface area contributed by atoms with Gasteiger partial charge in [-0.25, -0.2) is 0 Å². The highest BCUT2D eigenvalue weighted by Crippen LogP contribution is 2.35. The molecule has 0 radical (unpaired) electrons. The van der Waals surface area contributed by atoms with E-state index in [1.165, 1.54) is 6.92 Å². The molecule has 3 aromatic carbocycles. The Hall–Kier alpha value is -4.89. The van der Waals surface area contributed by atoms with Crippen LogP contribution in [0, 0.1) is 11.3 Å². The van der Waals surface area contributed by atoms with E-state index >= 15 is 0 Å². The molecule has 3 N–H and O–H groups in total. The van der Waals surface area contributed by atoms with Crippen LogP contribution in [0.2, 0.25) is 0 Å². The van der Waals surface area contributed by atoms with Crippen molar-refractivity contribution in [1.29, 1.82) is 5.26 Å². The quantitative estimate of drug-likeness (QED) is 0.290. The number of carbonyl (C=O) groups is 1. The number of benzene rings is 3. The van der Waals surface area contributed by atoms with Gasteiger partial charge in [0.1, 0.15) is 6.07 Å². The van der Waals surface area contributed by atoms with Gasteiger partial charge in [-0.15, -0.1) is 0 Å². The number of carbonyl (C=O) groups excluding carboxylic acids is 1. The summed E-state index contributed by atoms with van der Waals surface area (Å²) >= 11 is 0. The molecule has 5 rings (SSSR count). The smallest absolute Gasteiger partial charge is 0.221 e. The third-order valence-corrected chi connectivity index (χ3v) is 5.60. The fourth-order valence-corrected chi connectivity index (χ4v) is 3.99. The molecule has 0 aliphatic carbocycles. The summed E-state index contributed by atoms with van der Waals surface area (Å²) in [6, 6.07) is 26.1. The van der Waals surface area contributed by atoms with Crippen LogP contribution in [0.1, 0.15) is 12.5 Å². The Bertz CT molecular complexity index is 1540. The van der Waals surface area contributed by atoms with E-state index in [1.54, 1.807) is 12.4 Å². The second-order valence-electron chi connectivity index (χ2n) is 7.97. The van der Waals surface area contributed by atoms with Crippen LogP contribution in [0.15, 0.2) is 91.4 Å². The number of pyridine rings is 1. The molecule has 0 aliphatic heterocycles. The minimum atomic E-state index is -0.102. The summed E-state index contributed by atoms with van der Waals surface area (Å²) in [5, 5.41) is 17.1. The average molecular weight is 444 g/mol. The molecule has 2 aromatic heterocycles. The molecule has 34 heavy (non-hydrogen) atoms. The number of hydrogen-bond donors (Lipinski definition) is 3. The largest absolute Gasteiger partial charge is 0.361 e. The van der Waals surface area contributed by atoms with E-state index in [-0.39, 0.29) is 5.91 Å². The number of nitrogens with one attached hydrogen (secondary N) is 3. The third-order valence-electron chi connectivity index (χ3n) is 5.60. The average Bonchev–Trinajstić information content (AvgIpc) is 3.32. The van der Waals surface area contributed by atoms with Crippen molar-refractivity contribution in [1.82, 2.24) is 9.97 Å². The van der Waals surface area contributed by atoms with E-state index in [0.717, 1.165) is 44.5 Å². The van der Waals surface area contributed by atoms with Gasteiger partial charge in [0.25, 0.3) is 0 Å². The minimum Gasteiger partial charge on any atom is -0.361 e. The van der Waals surface area contributed by atoms with Crippen molar-refractivity contribution in [2.75, 3.05) is 10.6 Å². The molecule has 164 valence electrons. The van der Waals surface area contributed by atoms with Gasteiger partial charge in [-0.1, -0.05) is 30.3 Å². The molecule has 2 heterocycles. The number of aromatic nitrogens is 2. The van der Waals surface area contributed by atoms with E-state index < -0.39 is 0 Å². The fourth-order valence-electron chi connectivity index (χ4n) is 3.99. The second-order valence-corrected chi connectivity index (χ2v) is 7.97. The number of amides is 1. The van der Waals surface area contributed by atoms with E-state index in [1.807, 2.05) is 72.9 Å². The maximum absolute atomic E-state index is 11.3. The van der Waals surface area contributed by atoms with Crippen LogP contribution in [0.3, 0.4) is 0 Å². The number of rotatable bonds is 5. The van der Waals surface area contributed by atoms with Crippen molar-refractivity contribution in [2.45, 2.75) is 6.92 Å². The SMILES string of the molecule is CC(=O)Nc1ccc(-c2cccc(-c3cncc(C#N)c3Nc3ccc4[nH]ccc4c3)c2)cc1. The zero-order valence-electron chi connectivity index (χ0n) is 18.5. The highest BCUT2D eigenvalue weighted by Gasteiger charge is 2.13. The van der Waals surface area contributed by atoms with Crippen LogP contribution in [0.5, 0.6) is 0 Å². The van der Waals surface area contributed by atoms with Crippen molar-refractivity contribution in [3.05, 3.63) is 97.0 Å². The van der Waals surface area contributed by atoms with Crippen LogP contribution in [-0.2, 0) is 4.79 Å². The summed E-state index contributed by atoms with van der Waals surface area (Å²) < 4.78 is 0. The molecule has 0 saturated carbocycles. The Morgan fingerprint density at radius 1 is 0.912 bits per heavy atom. The first-order valence-electron chi connectivity index (χ1n) is 10.8. The molecular weight excluding hydrogens is 422 g/mol. The molecule has 6 nitrogen and oxygen atoms in total. The topological polar surface area (TPSA) is 93.6 Å². The number of nitriles is 1. The lowest BCUT2D eigenvalue weighted by Gasteiger charge is -2.15. The van der Waals surface area contributed by atoms with E-state index in [9.17, 15) is 10.1 Å². The summed E-state index contributed by atoms with van der Waals surface area (Å²) in [5.41, 5.74) is 7.70. The van der Waals surface area contributed by atoms with Gasteiger partial charge >= 0.3 is 0 Å². The summed E-state index contributed by atoms with van der Waals surface area (Å²) in [6.45, 7) is 1.49. The van der Waals surface area contributed by atoms with Crippen LogP contribution in [0.4, 0.5) is 17.1 Å². The van der Waals surface area contributed by atoms with Gasteiger partial charge in [-0.3, -0.25) is 9.78 Å². The molecule has 5 aromatic rings. The van der Waals surface area contributed by atoms with E-state index in [4.69, 9.17) is 0 Å². The van der Waals surface area contributed by atoms with Crippen LogP contribution < -0.4 is 10.6 Å². The number of H-pyrrole nitrogens is 1. The van der Waals surface area contributed by atoms with Crippen molar-refractivity contribution < 1.29 is 4.79 Å². The van der Waals surface area contributed by atoms with Crippen LogP contribution >= 0.6 is 0 Å². The van der Waals surface area contributed by atoms with Crippen molar-refractivity contribution in [3.8, 4) is 28.3 Å². The molecule has 6 heteroatoms. The standard InChI is InChI=1S/C28H21N5O/c1-18(34)32-24-7-5-19(6-8-24)20-3-2-4-21(13-20)26-17-30-16-23(15-29)28(26)33-25-9-10-27-22(14-25)11-12-31-27/h2-14,16-17,31H,1H3,(H,30,33)(H,32,34). The van der Waals surface area contributed by atoms with E-state index in [2.05, 4.69) is 32.7 Å². The zero-order chi connectivity index (χ0) is 23.5. The predicted octanol–water partition coefficient (Wildman–Crippen LogP) is 6.47. The molecule has 0 bridgehead atoms. The molecule has 1 amide bonds. The Kier molecular flexibility index (Phi) is 5.51. The minimum absolute atomic E-state index is 0.102. The lowest BCUT2D eigenvalue weighted by atomic mass is 9.97. The Balaban J connectivity index is 1.53. The highest BCUT2D eigenvalue weighted by atomic mass is 16.1. The maximum atomic E-state index is 11.3. The molecule has 0 fully saturated rings. The van der Waals surface area contributed by atoms with E-state index in [0.29, 0.717) is 11.3 Å². The summed E-state index contributed by atoms with van der Waals surface area (Å²) in [4.78, 5) is 18.8. The number of fused-ring (bicyclic) bond motifs is 1. The zero-order valence-corrected chi connectivity index (χ0v) is 18.5. The van der Waals surface area contributed by atoms with Gasteiger partial charge in [0, 0.05) is 53.4 Å². The first kappa shape index (κ1) is 21.0. The first-order chi connectivity index (χ1) is 16.6. The number of aromatic amines is 1. The molecule has 0 saturated heterocycles. The number of anilines is 3. The Labute approximate surface area is 196 Å². The van der Waals surface area contributed by atoms with Crippen molar-refractivity contribution in [3.63, 3.8) is 0 Å². The Morgan fingerprint density at radius 2 is 1.71 bits per heavy atom. The van der Waals surface area contributed by atoms with Gasteiger partial charge in [0.2, 0.25) is 5.91 Å². The lowest BCUT2D eigenvalue weighted by molar-refractivity contribution is -0.114. The monoisotopic (exact) mass is 443 g/mol. The first-order valence-corrected chi connectivity index (χ1v) is 10.8. The predicted molar refractivity (Wildman–Crippen MR) is 136 cm³/mol. The molecule has 0 unspecified atom stereocenters. The highest BCUT2D eigenvalue weighted by molar-refractivity contribution is 5.90. The molecular formula is C28H21N5O. The summed E-state index contributed by atoms with van der Waals surface area (Å²) in [7, 11) is 0.